The summed E-state index contributed by atoms with van der Waals surface area (Å²) in [5, 5.41) is 0. The van der Waals surface area contributed by atoms with Crippen molar-refractivity contribution in [1.82, 2.24) is 0 Å². The third-order valence-electron chi connectivity index (χ3n) is 2.07. The molecule has 1 aromatic carbocycles. The number of hydrogen-bond acceptors (Lipinski definition) is 2. The molecule has 0 saturated carbocycles. The van der Waals surface area contributed by atoms with Gasteiger partial charge in [-0.1, -0.05) is 39.0 Å². The van der Waals surface area contributed by atoms with Gasteiger partial charge in [0.1, 0.15) is 12.4 Å². The van der Waals surface area contributed by atoms with Crippen LogP contribution in [0.1, 0.15) is 26.3 Å². The largest absolute Gasteiger partial charge is 0.492 e. The summed E-state index contributed by atoms with van der Waals surface area (Å²) in [6.07, 6.45) is 0. The third kappa shape index (κ3) is 2.74. The second-order valence-corrected chi connectivity index (χ2v) is 4.38. The SMILES string of the molecule is CC(C)(C)c1ccccc1OCCN. The minimum Gasteiger partial charge on any atom is -0.492 e. The molecule has 78 valence electrons. The van der Waals surface area contributed by atoms with Crippen molar-refractivity contribution in [1.29, 1.82) is 0 Å². The number of para-hydroxylation sites is 1. The maximum atomic E-state index is 5.59. The minimum atomic E-state index is 0.116. The van der Waals surface area contributed by atoms with E-state index in [1.165, 1.54) is 5.56 Å². The first-order valence-electron chi connectivity index (χ1n) is 4.98. The zero-order valence-electron chi connectivity index (χ0n) is 9.21. The van der Waals surface area contributed by atoms with Crippen LogP contribution in [-0.4, -0.2) is 13.2 Å². The quantitative estimate of drug-likeness (QED) is 0.799. The summed E-state index contributed by atoms with van der Waals surface area (Å²) in [5.74, 6) is 0.949. The summed E-state index contributed by atoms with van der Waals surface area (Å²) in [4.78, 5) is 0. The molecule has 1 rings (SSSR count). The summed E-state index contributed by atoms with van der Waals surface area (Å²) in [5.41, 5.74) is 6.76. The Bertz CT molecular complexity index is 289. The van der Waals surface area contributed by atoms with Crippen LogP contribution < -0.4 is 10.5 Å². The van der Waals surface area contributed by atoms with Gasteiger partial charge >= 0.3 is 0 Å². The maximum Gasteiger partial charge on any atom is 0.123 e. The molecule has 0 bridgehead atoms. The van der Waals surface area contributed by atoms with E-state index in [1.54, 1.807) is 0 Å². The Balaban J connectivity index is 2.92. The average Bonchev–Trinajstić information content (AvgIpc) is 2.14. The molecule has 0 aliphatic carbocycles. The van der Waals surface area contributed by atoms with Crippen LogP contribution in [-0.2, 0) is 5.41 Å². The van der Waals surface area contributed by atoms with E-state index in [9.17, 15) is 0 Å². The van der Waals surface area contributed by atoms with Crippen molar-refractivity contribution in [3.8, 4) is 5.75 Å². The van der Waals surface area contributed by atoms with Gasteiger partial charge in [-0.3, -0.25) is 0 Å². The van der Waals surface area contributed by atoms with Gasteiger partial charge in [0.25, 0.3) is 0 Å². The van der Waals surface area contributed by atoms with Crippen LogP contribution in [0, 0.1) is 0 Å². The topological polar surface area (TPSA) is 35.2 Å². The zero-order chi connectivity index (χ0) is 10.6. The van der Waals surface area contributed by atoms with E-state index >= 15 is 0 Å². The fourth-order valence-electron chi connectivity index (χ4n) is 1.38. The van der Waals surface area contributed by atoms with E-state index in [4.69, 9.17) is 10.5 Å². The Morgan fingerprint density at radius 2 is 1.86 bits per heavy atom. The molecule has 2 N–H and O–H groups in total. The minimum absolute atomic E-state index is 0.116. The van der Waals surface area contributed by atoms with Gasteiger partial charge in [-0.2, -0.15) is 0 Å². The Labute approximate surface area is 86.1 Å². The smallest absolute Gasteiger partial charge is 0.123 e. The highest BCUT2D eigenvalue weighted by molar-refractivity contribution is 5.38. The number of rotatable bonds is 3. The van der Waals surface area contributed by atoms with Crippen LogP contribution in [0.5, 0.6) is 5.75 Å². The fraction of sp³-hybridized carbons (Fsp3) is 0.500. The number of hydrogen-bond donors (Lipinski definition) is 1. The van der Waals surface area contributed by atoms with Crippen molar-refractivity contribution in [2.45, 2.75) is 26.2 Å². The molecular formula is C12H19NO. The molecule has 0 spiro atoms. The molecule has 0 fully saturated rings. The van der Waals surface area contributed by atoms with Gasteiger partial charge in [-0.25, -0.2) is 0 Å². The predicted molar refractivity (Wildman–Crippen MR) is 59.7 cm³/mol. The molecular weight excluding hydrogens is 174 g/mol. The highest BCUT2D eigenvalue weighted by atomic mass is 16.5. The van der Waals surface area contributed by atoms with Gasteiger partial charge in [0.15, 0.2) is 0 Å². The fourth-order valence-corrected chi connectivity index (χ4v) is 1.38. The summed E-state index contributed by atoms with van der Waals surface area (Å²) in [6.45, 7) is 7.67. The van der Waals surface area contributed by atoms with Crippen molar-refractivity contribution in [3.63, 3.8) is 0 Å². The van der Waals surface area contributed by atoms with E-state index in [0.717, 1.165) is 5.75 Å². The molecule has 2 nitrogen and oxygen atoms in total. The predicted octanol–water partition coefficient (Wildman–Crippen LogP) is 2.32. The molecule has 0 radical (unpaired) electrons. The molecule has 2 heteroatoms. The van der Waals surface area contributed by atoms with Crippen LogP contribution in [0.3, 0.4) is 0 Å². The number of ether oxygens (including phenoxy) is 1. The lowest BCUT2D eigenvalue weighted by atomic mass is 9.86. The lowest BCUT2D eigenvalue weighted by Gasteiger charge is -2.22. The molecule has 0 aromatic heterocycles. The van der Waals surface area contributed by atoms with Crippen molar-refractivity contribution >= 4 is 0 Å². The van der Waals surface area contributed by atoms with Gasteiger partial charge in [0.05, 0.1) is 0 Å². The van der Waals surface area contributed by atoms with Crippen LogP contribution in [0.15, 0.2) is 24.3 Å². The van der Waals surface area contributed by atoms with E-state index < -0.39 is 0 Å². The molecule has 14 heavy (non-hydrogen) atoms. The highest BCUT2D eigenvalue weighted by Gasteiger charge is 2.17. The Morgan fingerprint density at radius 1 is 1.21 bits per heavy atom. The monoisotopic (exact) mass is 193 g/mol. The summed E-state index contributed by atoms with van der Waals surface area (Å²) < 4.78 is 5.59. The Kier molecular flexibility index (Phi) is 3.53. The first-order valence-corrected chi connectivity index (χ1v) is 4.98. The molecule has 0 heterocycles. The van der Waals surface area contributed by atoms with Crippen LogP contribution in [0.4, 0.5) is 0 Å². The van der Waals surface area contributed by atoms with E-state index in [1.807, 2.05) is 18.2 Å². The lowest BCUT2D eigenvalue weighted by molar-refractivity contribution is 0.319. The number of benzene rings is 1. The summed E-state index contributed by atoms with van der Waals surface area (Å²) in [7, 11) is 0. The first kappa shape index (κ1) is 11.1. The van der Waals surface area contributed by atoms with Gasteiger partial charge in [-0.05, 0) is 17.0 Å². The van der Waals surface area contributed by atoms with Gasteiger partial charge in [0, 0.05) is 6.54 Å². The standard InChI is InChI=1S/C12H19NO/c1-12(2,3)10-6-4-5-7-11(10)14-9-8-13/h4-7H,8-9,13H2,1-3H3. The number of nitrogens with two attached hydrogens (primary N) is 1. The van der Waals surface area contributed by atoms with Crippen molar-refractivity contribution in [3.05, 3.63) is 29.8 Å². The third-order valence-corrected chi connectivity index (χ3v) is 2.07. The maximum absolute atomic E-state index is 5.59. The van der Waals surface area contributed by atoms with Crippen molar-refractivity contribution < 1.29 is 4.74 Å². The van der Waals surface area contributed by atoms with E-state index in [2.05, 4.69) is 26.8 Å². The van der Waals surface area contributed by atoms with Crippen LogP contribution >= 0.6 is 0 Å². The zero-order valence-corrected chi connectivity index (χ0v) is 9.21. The molecule has 1 aromatic rings. The van der Waals surface area contributed by atoms with Gasteiger partial charge < -0.3 is 10.5 Å². The molecule has 0 unspecified atom stereocenters. The molecule has 0 amide bonds. The van der Waals surface area contributed by atoms with E-state index in [0.29, 0.717) is 13.2 Å². The molecule has 0 aliphatic heterocycles. The molecule has 0 aliphatic rings. The Hall–Kier alpha value is -1.02. The van der Waals surface area contributed by atoms with Crippen molar-refractivity contribution in [2.24, 2.45) is 5.73 Å². The first-order chi connectivity index (χ1) is 6.55. The van der Waals surface area contributed by atoms with Gasteiger partial charge in [0.2, 0.25) is 0 Å². The van der Waals surface area contributed by atoms with Crippen LogP contribution in [0.25, 0.3) is 0 Å². The summed E-state index contributed by atoms with van der Waals surface area (Å²) in [6, 6.07) is 8.12. The highest BCUT2D eigenvalue weighted by Crippen LogP contribution is 2.30. The average molecular weight is 193 g/mol. The van der Waals surface area contributed by atoms with Gasteiger partial charge in [-0.15, -0.1) is 0 Å². The molecule has 0 atom stereocenters. The summed E-state index contributed by atoms with van der Waals surface area (Å²) >= 11 is 0. The van der Waals surface area contributed by atoms with Crippen molar-refractivity contribution in [2.75, 3.05) is 13.2 Å². The van der Waals surface area contributed by atoms with Crippen LogP contribution in [0.2, 0.25) is 0 Å². The second-order valence-electron chi connectivity index (χ2n) is 4.38. The van der Waals surface area contributed by atoms with E-state index in [-0.39, 0.29) is 5.41 Å². The normalized spacial score (nSPS) is 11.4. The molecule has 0 saturated heterocycles. The Morgan fingerprint density at radius 3 is 2.43 bits per heavy atom. The lowest BCUT2D eigenvalue weighted by Crippen LogP contribution is -2.16. The second kappa shape index (κ2) is 4.47.